The van der Waals surface area contributed by atoms with E-state index in [1.54, 1.807) is 37.3 Å². The van der Waals surface area contributed by atoms with Crippen LogP contribution in [-0.4, -0.2) is 26.1 Å². The number of hydrogen-bond acceptors (Lipinski definition) is 4. The smallest absolute Gasteiger partial charge is 0.210 e. The van der Waals surface area contributed by atoms with Crippen LogP contribution in [0, 0.1) is 0 Å². The van der Waals surface area contributed by atoms with E-state index in [1.807, 2.05) is 13.0 Å². The third-order valence-corrected chi connectivity index (χ3v) is 5.96. The number of Topliss-reactive ketones (excluding diaryl/α,β-unsaturated/α-hetero) is 1. The summed E-state index contributed by atoms with van der Waals surface area (Å²) in [6.45, 7) is 3.65. The first kappa shape index (κ1) is 18.7. The minimum atomic E-state index is -3.29. The molecular weight excluding hydrogens is 372 g/mol. The third kappa shape index (κ3) is 3.29. The van der Waals surface area contributed by atoms with E-state index in [1.165, 1.54) is 12.1 Å². The van der Waals surface area contributed by atoms with Crippen LogP contribution in [0.25, 0.3) is 11.3 Å². The van der Waals surface area contributed by atoms with Crippen LogP contribution in [0.2, 0.25) is 5.02 Å². The number of ether oxygens (including phenoxy) is 1. The molecule has 0 N–H and O–H groups in total. The second kappa shape index (κ2) is 6.56. The lowest BCUT2D eigenvalue weighted by Gasteiger charge is -2.21. The summed E-state index contributed by atoms with van der Waals surface area (Å²) < 4.78 is 29.4. The van der Waals surface area contributed by atoms with E-state index in [-0.39, 0.29) is 10.7 Å². The van der Waals surface area contributed by atoms with Crippen molar-refractivity contribution in [2.45, 2.75) is 30.8 Å². The Hall–Kier alpha value is -2.11. The van der Waals surface area contributed by atoms with Gasteiger partial charge in [0, 0.05) is 16.8 Å². The Labute approximate surface area is 158 Å². The second-order valence-electron chi connectivity index (χ2n) is 6.53. The lowest BCUT2D eigenvalue weighted by molar-refractivity contribution is -0.126. The number of ketones is 1. The maximum absolute atomic E-state index is 13.1. The SMILES string of the molecule is CCC1(C)OC(c2ccc(S(C)(=O)=O)cc2)=C(c2cccc(Cl)c2)C1=O. The standard InChI is InChI=1S/C20H19ClO4S/c1-4-20(2)19(22)17(14-6-5-7-15(21)12-14)18(25-20)13-8-10-16(11-9-13)26(3,23)24/h5-12H,4H2,1-3H3. The quantitative estimate of drug-likeness (QED) is 0.777. The van der Waals surface area contributed by atoms with Gasteiger partial charge in [0.05, 0.1) is 10.5 Å². The molecule has 1 unspecified atom stereocenters. The number of sulfone groups is 1. The van der Waals surface area contributed by atoms with Gasteiger partial charge in [0.25, 0.3) is 0 Å². The van der Waals surface area contributed by atoms with Crippen molar-refractivity contribution < 1.29 is 17.9 Å². The molecule has 26 heavy (non-hydrogen) atoms. The molecule has 0 saturated heterocycles. The van der Waals surface area contributed by atoms with Gasteiger partial charge < -0.3 is 4.74 Å². The first-order chi connectivity index (χ1) is 12.2. The maximum atomic E-state index is 13.1. The van der Waals surface area contributed by atoms with Crippen LogP contribution in [0.15, 0.2) is 53.4 Å². The third-order valence-electron chi connectivity index (χ3n) is 4.59. The van der Waals surface area contributed by atoms with E-state index in [0.29, 0.717) is 33.9 Å². The van der Waals surface area contributed by atoms with E-state index in [9.17, 15) is 13.2 Å². The highest BCUT2D eigenvalue weighted by Gasteiger charge is 2.45. The Balaban J connectivity index is 2.18. The summed E-state index contributed by atoms with van der Waals surface area (Å²) in [5, 5.41) is 0.527. The van der Waals surface area contributed by atoms with Crippen molar-refractivity contribution >= 4 is 38.6 Å². The number of hydrogen-bond donors (Lipinski definition) is 0. The molecule has 1 aliphatic rings. The summed E-state index contributed by atoms with van der Waals surface area (Å²) in [4.78, 5) is 13.3. The van der Waals surface area contributed by atoms with Crippen molar-refractivity contribution in [1.82, 2.24) is 0 Å². The number of carbonyl (C=O) groups is 1. The molecule has 0 aromatic heterocycles. The average Bonchev–Trinajstić information content (AvgIpc) is 2.86. The summed E-state index contributed by atoms with van der Waals surface area (Å²) in [5.41, 5.74) is 0.839. The van der Waals surface area contributed by atoms with E-state index in [2.05, 4.69) is 0 Å². The van der Waals surface area contributed by atoms with E-state index >= 15 is 0 Å². The molecule has 136 valence electrons. The summed E-state index contributed by atoms with van der Waals surface area (Å²) in [5.74, 6) is 0.339. The molecule has 3 rings (SSSR count). The topological polar surface area (TPSA) is 60.4 Å². The van der Waals surface area contributed by atoms with Crippen molar-refractivity contribution in [2.75, 3.05) is 6.26 Å². The Morgan fingerprint density at radius 2 is 1.73 bits per heavy atom. The molecule has 4 nitrogen and oxygen atoms in total. The highest BCUT2D eigenvalue weighted by Crippen LogP contribution is 2.43. The monoisotopic (exact) mass is 390 g/mol. The molecule has 1 heterocycles. The number of carbonyl (C=O) groups excluding carboxylic acids is 1. The van der Waals surface area contributed by atoms with Crippen LogP contribution in [-0.2, 0) is 19.4 Å². The fourth-order valence-electron chi connectivity index (χ4n) is 2.89. The first-order valence-corrected chi connectivity index (χ1v) is 10.5. The van der Waals surface area contributed by atoms with Crippen LogP contribution in [0.3, 0.4) is 0 Å². The summed E-state index contributed by atoms with van der Waals surface area (Å²) >= 11 is 6.10. The predicted octanol–water partition coefficient (Wildman–Crippen LogP) is 4.38. The number of rotatable bonds is 4. The lowest BCUT2D eigenvalue weighted by atomic mass is 9.90. The van der Waals surface area contributed by atoms with Gasteiger partial charge in [-0.3, -0.25) is 4.79 Å². The predicted molar refractivity (Wildman–Crippen MR) is 103 cm³/mol. The van der Waals surface area contributed by atoms with Gasteiger partial charge in [-0.1, -0.05) is 30.7 Å². The summed E-state index contributed by atoms with van der Waals surface area (Å²) in [7, 11) is -3.29. The Morgan fingerprint density at radius 1 is 1.08 bits per heavy atom. The zero-order valence-electron chi connectivity index (χ0n) is 14.7. The summed E-state index contributed by atoms with van der Waals surface area (Å²) in [6.07, 6.45) is 1.67. The van der Waals surface area contributed by atoms with E-state index in [4.69, 9.17) is 16.3 Å². The highest BCUT2D eigenvalue weighted by molar-refractivity contribution is 7.90. The fraction of sp³-hybridized carbons (Fsp3) is 0.250. The minimum Gasteiger partial charge on any atom is -0.478 e. The van der Waals surface area contributed by atoms with Crippen molar-refractivity contribution in [3.63, 3.8) is 0 Å². The molecule has 0 bridgehead atoms. The maximum Gasteiger partial charge on any atom is 0.210 e. The van der Waals surface area contributed by atoms with Gasteiger partial charge >= 0.3 is 0 Å². The molecular formula is C20H19ClO4S. The van der Waals surface area contributed by atoms with Gasteiger partial charge in [0.2, 0.25) is 5.78 Å². The molecule has 0 saturated carbocycles. The summed E-state index contributed by atoms with van der Waals surface area (Å²) in [6, 6.07) is 13.4. The molecule has 2 aromatic rings. The van der Waals surface area contributed by atoms with Gasteiger partial charge in [0.15, 0.2) is 15.4 Å². The van der Waals surface area contributed by atoms with Gasteiger partial charge in [-0.05, 0) is 55.3 Å². The molecule has 6 heteroatoms. The zero-order chi connectivity index (χ0) is 19.1. The van der Waals surface area contributed by atoms with Crippen molar-refractivity contribution in [3.05, 3.63) is 64.7 Å². The Bertz CT molecular complexity index is 1010. The van der Waals surface area contributed by atoms with Crippen LogP contribution in [0.5, 0.6) is 0 Å². The highest BCUT2D eigenvalue weighted by atomic mass is 35.5. The van der Waals surface area contributed by atoms with Crippen molar-refractivity contribution in [3.8, 4) is 0 Å². The molecule has 0 aliphatic carbocycles. The van der Waals surface area contributed by atoms with Crippen molar-refractivity contribution in [1.29, 1.82) is 0 Å². The lowest BCUT2D eigenvalue weighted by Crippen LogP contribution is -2.32. The largest absolute Gasteiger partial charge is 0.478 e. The average molecular weight is 391 g/mol. The number of benzene rings is 2. The van der Waals surface area contributed by atoms with Gasteiger partial charge in [-0.2, -0.15) is 0 Å². The number of halogens is 1. The molecule has 0 fully saturated rings. The second-order valence-corrected chi connectivity index (χ2v) is 8.98. The Kier molecular flexibility index (Phi) is 4.71. The molecule has 0 radical (unpaired) electrons. The van der Waals surface area contributed by atoms with Gasteiger partial charge in [-0.15, -0.1) is 0 Å². The van der Waals surface area contributed by atoms with Gasteiger partial charge in [0.1, 0.15) is 5.76 Å². The minimum absolute atomic E-state index is 0.107. The fourth-order valence-corrected chi connectivity index (χ4v) is 3.71. The van der Waals surface area contributed by atoms with E-state index < -0.39 is 15.4 Å². The Morgan fingerprint density at radius 3 is 2.27 bits per heavy atom. The zero-order valence-corrected chi connectivity index (χ0v) is 16.3. The molecule has 2 aromatic carbocycles. The first-order valence-electron chi connectivity index (χ1n) is 8.20. The van der Waals surface area contributed by atoms with Crippen LogP contribution < -0.4 is 0 Å². The normalized spacial score (nSPS) is 20.4. The van der Waals surface area contributed by atoms with E-state index in [0.717, 1.165) is 6.26 Å². The van der Waals surface area contributed by atoms with Crippen LogP contribution in [0.4, 0.5) is 0 Å². The van der Waals surface area contributed by atoms with Gasteiger partial charge in [-0.25, -0.2) is 8.42 Å². The molecule has 0 spiro atoms. The molecule has 0 amide bonds. The van der Waals surface area contributed by atoms with Crippen LogP contribution in [0.1, 0.15) is 31.4 Å². The molecule has 1 atom stereocenters. The van der Waals surface area contributed by atoms with Crippen LogP contribution >= 0.6 is 11.6 Å². The molecule has 1 aliphatic heterocycles. The van der Waals surface area contributed by atoms with Crippen molar-refractivity contribution in [2.24, 2.45) is 0 Å².